The second-order valence-electron chi connectivity index (χ2n) is 7.70. The zero-order chi connectivity index (χ0) is 23.0. The first kappa shape index (κ1) is 24.3. The molecule has 2 aromatic rings. The topological polar surface area (TPSA) is 92.1 Å². The van der Waals surface area contributed by atoms with Crippen LogP contribution in [0.3, 0.4) is 0 Å². The first-order valence-electron chi connectivity index (χ1n) is 11.2. The van der Waals surface area contributed by atoms with Crippen molar-refractivity contribution in [1.29, 1.82) is 0 Å². The molecule has 0 spiro atoms. The number of sulfonamides is 1. The van der Waals surface area contributed by atoms with Gasteiger partial charge in [0.25, 0.3) is 5.91 Å². The van der Waals surface area contributed by atoms with Gasteiger partial charge in [0.1, 0.15) is 12.4 Å². The highest BCUT2D eigenvalue weighted by Gasteiger charge is 2.26. The number of amides is 1. The molecule has 3 rings (SSSR count). The summed E-state index contributed by atoms with van der Waals surface area (Å²) in [6, 6.07) is 8.56. The van der Waals surface area contributed by atoms with Gasteiger partial charge in [0.2, 0.25) is 10.0 Å². The minimum Gasteiger partial charge on any atom is -0.467 e. The third-order valence-corrected chi connectivity index (χ3v) is 7.62. The molecule has 176 valence electrons. The summed E-state index contributed by atoms with van der Waals surface area (Å²) in [5.41, 5.74) is 1.18. The molecular weight excluding hydrogens is 430 g/mol. The lowest BCUT2D eigenvalue weighted by molar-refractivity contribution is 0.0917. The average Bonchev–Trinajstić information content (AvgIpc) is 3.50. The lowest BCUT2D eigenvalue weighted by Crippen LogP contribution is -2.32. The Balaban J connectivity index is 1.68. The normalized spacial score (nSPS) is 14.3. The summed E-state index contributed by atoms with van der Waals surface area (Å²) in [6.45, 7) is 7.41. The Morgan fingerprint density at radius 2 is 1.94 bits per heavy atom. The predicted octanol–water partition coefficient (Wildman–Crippen LogP) is 3.25. The third-order valence-electron chi connectivity index (χ3n) is 5.58. The molecule has 1 aliphatic rings. The molecule has 2 heterocycles. The molecular formula is C23H33N3O5S. The summed E-state index contributed by atoms with van der Waals surface area (Å²) >= 11 is 0. The molecule has 0 bridgehead atoms. The van der Waals surface area contributed by atoms with E-state index >= 15 is 0 Å². The number of furan rings is 1. The van der Waals surface area contributed by atoms with Crippen LogP contribution in [0.5, 0.6) is 0 Å². The Morgan fingerprint density at radius 3 is 2.59 bits per heavy atom. The van der Waals surface area contributed by atoms with E-state index in [4.69, 9.17) is 9.15 Å². The molecule has 1 aromatic heterocycles. The first-order chi connectivity index (χ1) is 15.5. The van der Waals surface area contributed by atoms with Gasteiger partial charge in [0, 0.05) is 45.0 Å². The average molecular weight is 464 g/mol. The number of hydrogen-bond donors (Lipinski definition) is 1. The number of benzene rings is 1. The van der Waals surface area contributed by atoms with Gasteiger partial charge in [0.05, 0.1) is 16.7 Å². The fourth-order valence-corrected chi connectivity index (χ4v) is 5.33. The van der Waals surface area contributed by atoms with Crippen molar-refractivity contribution in [2.24, 2.45) is 0 Å². The Labute approximate surface area is 190 Å². The summed E-state index contributed by atoms with van der Waals surface area (Å²) in [6.07, 6.45) is 4.37. The molecule has 0 radical (unpaired) electrons. The molecule has 0 atom stereocenters. The van der Waals surface area contributed by atoms with E-state index in [1.807, 2.05) is 12.1 Å². The van der Waals surface area contributed by atoms with Gasteiger partial charge >= 0.3 is 0 Å². The second-order valence-corrected chi connectivity index (χ2v) is 9.64. The maximum Gasteiger partial charge on any atom is 0.253 e. The van der Waals surface area contributed by atoms with Crippen LogP contribution in [0.1, 0.15) is 49.2 Å². The van der Waals surface area contributed by atoms with Crippen molar-refractivity contribution < 1.29 is 22.4 Å². The van der Waals surface area contributed by atoms with E-state index in [0.29, 0.717) is 44.8 Å². The summed E-state index contributed by atoms with van der Waals surface area (Å²) < 4.78 is 38.1. The van der Waals surface area contributed by atoms with E-state index in [1.165, 1.54) is 10.4 Å². The molecule has 1 aromatic carbocycles. The summed E-state index contributed by atoms with van der Waals surface area (Å²) in [5.74, 6) is 0.491. The highest BCUT2D eigenvalue weighted by Crippen LogP contribution is 2.28. The van der Waals surface area contributed by atoms with Crippen molar-refractivity contribution in [3.8, 4) is 0 Å². The zero-order valence-electron chi connectivity index (χ0n) is 18.9. The van der Waals surface area contributed by atoms with Gasteiger partial charge in [-0.25, -0.2) is 8.42 Å². The minimum atomic E-state index is -3.65. The molecule has 1 fully saturated rings. The van der Waals surface area contributed by atoms with Gasteiger partial charge in [-0.2, -0.15) is 4.31 Å². The van der Waals surface area contributed by atoms with Crippen molar-refractivity contribution in [3.05, 3.63) is 47.9 Å². The molecule has 1 amide bonds. The highest BCUT2D eigenvalue weighted by molar-refractivity contribution is 7.89. The van der Waals surface area contributed by atoms with Gasteiger partial charge in [-0.15, -0.1) is 0 Å². The monoisotopic (exact) mass is 463 g/mol. The number of nitrogens with zero attached hydrogens (tertiary/aromatic N) is 2. The van der Waals surface area contributed by atoms with E-state index in [1.54, 1.807) is 32.2 Å². The smallest absolute Gasteiger partial charge is 0.253 e. The van der Waals surface area contributed by atoms with Gasteiger partial charge < -0.3 is 19.4 Å². The Bertz CT molecular complexity index is 966. The van der Waals surface area contributed by atoms with Crippen molar-refractivity contribution in [3.63, 3.8) is 0 Å². The van der Waals surface area contributed by atoms with Crippen LogP contribution in [0.15, 0.2) is 45.9 Å². The fraction of sp³-hybridized carbons (Fsp3) is 0.522. The number of rotatable bonds is 12. The molecule has 1 aliphatic heterocycles. The fourth-order valence-electron chi connectivity index (χ4n) is 3.84. The maximum atomic E-state index is 13.0. The van der Waals surface area contributed by atoms with Crippen LogP contribution in [-0.4, -0.2) is 58.0 Å². The van der Waals surface area contributed by atoms with Crippen molar-refractivity contribution >= 4 is 21.6 Å². The molecule has 0 aliphatic carbocycles. The van der Waals surface area contributed by atoms with E-state index in [-0.39, 0.29) is 10.8 Å². The SMILES string of the molecule is CCN(CC)S(=O)(=O)c1ccc(N2CCCC2)c(C(=O)NCCCOCc2ccco2)c1. The van der Waals surface area contributed by atoms with Crippen molar-refractivity contribution in [2.45, 2.75) is 44.6 Å². The standard InChI is InChI=1S/C23H33N3O5S/c1-3-26(4-2)32(28,29)20-10-11-22(25-13-5-6-14-25)21(17-20)23(27)24-12-8-15-30-18-19-9-7-16-31-19/h7,9-11,16-17H,3-6,8,12-15,18H2,1-2H3,(H,24,27). The molecule has 9 heteroatoms. The summed E-state index contributed by atoms with van der Waals surface area (Å²) in [5, 5.41) is 2.91. The van der Waals surface area contributed by atoms with Crippen LogP contribution in [0.2, 0.25) is 0 Å². The number of anilines is 1. The summed E-state index contributed by atoms with van der Waals surface area (Å²) in [7, 11) is -3.65. The lowest BCUT2D eigenvalue weighted by Gasteiger charge is -2.23. The Hall–Kier alpha value is -2.36. The number of carbonyl (C=O) groups is 1. The van der Waals surface area contributed by atoms with Gasteiger partial charge in [-0.3, -0.25) is 4.79 Å². The predicted molar refractivity (Wildman–Crippen MR) is 123 cm³/mol. The molecule has 8 nitrogen and oxygen atoms in total. The molecule has 1 saturated heterocycles. The van der Waals surface area contributed by atoms with Crippen molar-refractivity contribution in [2.75, 3.05) is 44.2 Å². The van der Waals surface area contributed by atoms with Gasteiger partial charge in [-0.1, -0.05) is 13.8 Å². The lowest BCUT2D eigenvalue weighted by atomic mass is 10.1. The Morgan fingerprint density at radius 1 is 1.19 bits per heavy atom. The third kappa shape index (κ3) is 5.90. The second kappa shape index (κ2) is 11.5. The zero-order valence-corrected chi connectivity index (χ0v) is 19.7. The van der Waals surface area contributed by atoms with E-state index in [0.717, 1.165) is 37.4 Å². The van der Waals surface area contributed by atoms with Gasteiger partial charge in [-0.05, 0) is 49.6 Å². The molecule has 0 unspecified atom stereocenters. The number of hydrogen-bond acceptors (Lipinski definition) is 6. The van der Waals surface area contributed by atoms with Crippen LogP contribution in [0, 0.1) is 0 Å². The van der Waals surface area contributed by atoms with Crippen molar-refractivity contribution in [1.82, 2.24) is 9.62 Å². The number of ether oxygens (including phenoxy) is 1. The highest BCUT2D eigenvalue weighted by atomic mass is 32.2. The van der Waals surface area contributed by atoms with Crippen LogP contribution < -0.4 is 10.2 Å². The van der Waals surface area contributed by atoms with Gasteiger partial charge in [0.15, 0.2) is 0 Å². The van der Waals surface area contributed by atoms with E-state index in [9.17, 15) is 13.2 Å². The van der Waals surface area contributed by atoms with Crippen LogP contribution in [0.4, 0.5) is 5.69 Å². The van der Waals surface area contributed by atoms with Crippen LogP contribution in [0.25, 0.3) is 0 Å². The number of carbonyl (C=O) groups excluding carboxylic acids is 1. The minimum absolute atomic E-state index is 0.149. The Kier molecular flexibility index (Phi) is 8.72. The first-order valence-corrected chi connectivity index (χ1v) is 12.7. The molecule has 1 N–H and O–H groups in total. The maximum absolute atomic E-state index is 13.0. The van der Waals surface area contributed by atoms with E-state index in [2.05, 4.69) is 10.2 Å². The molecule has 0 saturated carbocycles. The number of nitrogens with one attached hydrogen (secondary N) is 1. The summed E-state index contributed by atoms with van der Waals surface area (Å²) in [4.78, 5) is 15.3. The van der Waals surface area contributed by atoms with E-state index < -0.39 is 10.0 Å². The molecule has 32 heavy (non-hydrogen) atoms. The largest absolute Gasteiger partial charge is 0.467 e. The van der Waals surface area contributed by atoms with Crippen LogP contribution in [-0.2, 0) is 21.4 Å². The quantitative estimate of drug-likeness (QED) is 0.486. The van der Waals surface area contributed by atoms with Crippen LogP contribution >= 0.6 is 0 Å².